The number of benzene rings is 2. The molecule has 5 heteroatoms. The van der Waals surface area contributed by atoms with E-state index in [9.17, 15) is 0 Å². The number of aromatic nitrogens is 2. The van der Waals surface area contributed by atoms with Crippen molar-refractivity contribution in [2.24, 2.45) is 0 Å². The third kappa shape index (κ3) is 2.35. The number of halogens is 3. The number of nitrogens with one attached hydrogen (secondary N) is 1. The Kier molecular flexibility index (Phi) is 3.45. The first kappa shape index (κ1) is 13.2. The minimum atomic E-state index is 0.520. The number of nitrogens with zero attached hydrogens (tertiary/aromatic N) is 1. The van der Waals surface area contributed by atoms with Crippen molar-refractivity contribution in [3.63, 3.8) is 0 Å². The quantitative estimate of drug-likeness (QED) is 0.538. The van der Waals surface area contributed by atoms with Crippen LogP contribution in [0.25, 0.3) is 22.4 Å². The number of imidazole rings is 1. The number of aromatic amines is 1. The summed E-state index contributed by atoms with van der Waals surface area (Å²) in [7, 11) is 0. The number of hydrogen-bond acceptors (Lipinski definition) is 1. The molecule has 1 aromatic heterocycles. The van der Waals surface area contributed by atoms with Gasteiger partial charge in [0.05, 0.1) is 21.1 Å². The first-order valence-corrected chi connectivity index (χ1v) is 7.50. The van der Waals surface area contributed by atoms with Crippen molar-refractivity contribution in [1.29, 1.82) is 0 Å². The molecule has 0 fully saturated rings. The highest BCUT2D eigenvalue weighted by atomic mass is 127. The van der Waals surface area contributed by atoms with Crippen molar-refractivity contribution in [3.05, 3.63) is 49.5 Å². The van der Waals surface area contributed by atoms with Gasteiger partial charge in [0.15, 0.2) is 0 Å². The minimum Gasteiger partial charge on any atom is -0.338 e. The van der Waals surface area contributed by atoms with E-state index < -0.39 is 0 Å². The summed E-state index contributed by atoms with van der Waals surface area (Å²) in [6, 6.07) is 9.75. The van der Waals surface area contributed by atoms with E-state index in [4.69, 9.17) is 23.2 Å². The van der Waals surface area contributed by atoms with Gasteiger partial charge in [-0.25, -0.2) is 4.98 Å². The summed E-state index contributed by atoms with van der Waals surface area (Å²) in [6.45, 7) is 2.08. The van der Waals surface area contributed by atoms with Crippen LogP contribution < -0.4 is 0 Å². The Labute approximate surface area is 134 Å². The van der Waals surface area contributed by atoms with E-state index in [1.54, 1.807) is 12.1 Å². The maximum atomic E-state index is 6.02. The molecule has 1 heterocycles. The molecule has 0 saturated carbocycles. The topological polar surface area (TPSA) is 28.7 Å². The fourth-order valence-corrected chi connectivity index (χ4v) is 2.90. The molecule has 0 spiro atoms. The van der Waals surface area contributed by atoms with Crippen molar-refractivity contribution in [2.75, 3.05) is 0 Å². The van der Waals surface area contributed by atoms with E-state index in [-0.39, 0.29) is 0 Å². The minimum absolute atomic E-state index is 0.520. The van der Waals surface area contributed by atoms with Gasteiger partial charge in [-0.2, -0.15) is 0 Å². The summed E-state index contributed by atoms with van der Waals surface area (Å²) < 4.78 is 1.19. The predicted molar refractivity (Wildman–Crippen MR) is 89.0 cm³/mol. The van der Waals surface area contributed by atoms with Gasteiger partial charge in [-0.3, -0.25) is 0 Å². The Morgan fingerprint density at radius 3 is 2.68 bits per heavy atom. The van der Waals surface area contributed by atoms with Crippen LogP contribution in [-0.2, 0) is 0 Å². The molecule has 1 N–H and O–H groups in total. The van der Waals surface area contributed by atoms with Crippen LogP contribution >= 0.6 is 45.8 Å². The van der Waals surface area contributed by atoms with Crippen LogP contribution in [0.4, 0.5) is 0 Å². The highest BCUT2D eigenvalue weighted by Crippen LogP contribution is 2.31. The molecule has 0 aliphatic carbocycles. The van der Waals surface area contributed by atoms with Crippen LogP contribution in [0.3, 0.4) is 0 Å². The SMILES string of the molecule is Cc1cccc(-c2nc3cc(Cl)c(Cl)cc3[nH]2)c1I. The summed E-state index contributed by atoms with van der Waals surface area (Å²) in [5.41, 5.74) is 4.03. The molecule has 19 heavy (non-hydrogen) atoms. The van der Waals surface area contributed by atoms with Crippen LogP contribution in [0.2, 0.25) is 10.0 Å². The molecule has 0 amide bonds. The van der Waals surface area contributed by atoms with Crippen LogP contribution in [0.15, 0.2) is 30.3 Å². The van der Waals surface area contributed by atoms with Gasteiger partial charge in [-0.15, -0.1) is 0 Å². The summed E-state index contributed by atoms with van der Waals surface area (Å²) in [5.74, 6) is 0.835. The molecule has 3 rings (SSSR count). The summed E-state index contributed by atoms with van der Waals surface area (Å²) in [5, 5.41) is 1.05. The van der Waals surface area contributed by atoms with Crippen molar-refractivity contribution in [2.45, 2.75) is 6.92 Å². The van der Waals surface area contributed by atoms with Crippen LogP contribution in [0.5, 0.6) is 0 Å². The molecule has 0 aliphatic heterocycles. The number of H-pyrrole nitrogens is 1. The summed E-state index contributed by atoms with van der Waals surface area (Å²) in [4.78, 5) is 7.87. The van der Waals surface area contributed by atoms with Gasteiger partial charge >= 0.3 is 0 Å². The molecule has 96 valence electrons. The second kappa shape index (κ2) is 4.96. The largest absolute Gasteiger partial charge is 0.338 e. The second-order valence-electron chi connectivity index (χ2n) is 4.31. The zero-order chi connectivity index (χ0) is 13.6. The number of rotatable bonds is 1. The molecule has 0 bridgehead atoms. The van der Waals surface area contributed by atoms with Crippen LogP contribution in [-0.4, -0.2) is 9.97 Å². The maximum absolute atomic E-state index is 6.02. The monoisotopic (exact) mass is 402 g/mol. The summed E-state index contributed by atoms with van der Waals surface area (Å²) >= 11 is 14.4. The Morgan fingerprint density at radius 1 is 1.16 bits per heavy atom. The third-order valence-electron chi connectivity index (χ3n) is 2.97. The Hall–Kier alpha value is -0.780. The molecule has 0 radical (unpaired) electrons. The van der Waals surface area contributed by atoms with Gasteiger partial charge in [-0.1, -0.05) is 41.4 Å². The highest BCUT2D eigenvalue weighted by molar-refractivity contribution is 14.1. The van der Waals surface area contributed by atoms with Gasteiger partial charge in [0.1, 0.15) is 5.82 Å². The molecule has 0 atom stereocenters. The fraction of sp³-hybridized carbons (Fsp3) is 0.0714. The van der Waals surface area contributed by atoms with Crippen LogP contribution in [0, 0.1) is 10.5 Å². The zero-order valence-electron chi connectivity index (χ0n) is 9.97. The zero-order valence-corrected chi connectivity index (χ0v) is 13.6. The first-order chi connectivity index (χ1) is 9.06. The molecule has 2 aromatic carbocycles. The van der Waals surface area contributed by atoms with Crippen molar-refractivity contribution >= 4 is 56.8 Å². The second-order valence-corrected chi connectivity index (χ2v) is 6.20. The molecule has 2 nitrogen and oxygen atoms in total. The molecular weight excluding hydrogens is 394 g/mol. The standard InChI is InChI=1S/C14H9Cl2IN2/c1-7-3-2-4-8(13(7)17)14-18-11-5-9(15)10(16)6-12(11)19-14/h2-6H,1H3,(H,18,19). The Bertz CT molecular complexity index is 741. The lowest BCUT2D eigenvalue weighted by atomic mass is 10.1. The van der Waals surface area contributed by atoms with E-state index in [0.29, 0.717) is 10.0 Å². The highest BCUT2D eigenvalue weighted by Gasteiger charge is 2.11. The average molecular weight is 403 g/mol. The van der Waals surface area contributed by atoms with E-state index in [1.165, 1.54) is 9.13 Å². The maximum Gasteiger partial charge on any atom is 0.139 e. The van der Waals surface area contributed by atoms with E-state index in [2.05, 4.69) is 51.6 Å². The van der Waals surface area contributed by atoms with Gasteiger partial charge in [-0.05, 0) is 47.2 Å². The number of fused-ring (bicyclic) bond motifs is 1. The molecular formula is C14H9Cl2IN2. The lowest BCUT2D eigenvalue weighted by Gasteiger charge is -2.03. The normalized spacial score (nSPS) is 11.2. The lowest BCUT2D eigenvalue weighted by Crippen LogP contribution is -1.88. The van der Waals surface area contributed by atoms with Gasteiger partial charge in [0.25, 0.3) is 0 Å². The summed E-state index contributed by atoms with van der Waals surface area (Å²) in [6.07, 6.45) is 0. The smallest absolute Gasteiger partial charge is 0.139 e. The van der Waals surface area contributed by atoms with Crippen molar-refractivity contribution < 1.29 is 0 Å². The number of aryl methyl sites for hydroxylation is 1. The van der Waals surface area contributed by atoms with Gasteiger partial charge in [0, 0.05) is 9.13 Å². The van der Waals surface area contributed by atoms with Gasteiger partial charge < -0.3 is 4.98 Å². The van der Waals surface area contributed by atoms with Gasteiger partial charge in [0.2, 0.25) is 0 Å². The van der Waals surface area contributed by atoms with Crippen molar-refractivity contribution in [3.8, 4) is 11.4 Å². The van der Waals surface area contributed by atoms with E-state index in [1.807, 2.05) is 6.07 Å². The van der Waals surface area contributed by atoms with E-state index in [0.717, 1.165) is 22.4 Å². The number of hydrogen-bond donors (Lipinski definition) is 1. The predicted octanol–water partition coefficient (Wildman–Crippen LogP) is 5.45. The Balaban J connectivity index is 2.23. The molecule has 3 aromatic rings. The first-order valence-electron chi connectivity index (χ1n) is 5.66. The molecule has 0 aliphatic rings. The van der Waals surface area contributed by atoms with E-state index >= 15 is 0 Å². The fourth-order valence-electron chi connectivity index (χ4n) is 1.96. The lowest BCUT2D eigenvalue weighted by molar-refractivity contribution is 1.31. The Morgan fingerprint density at radius 2 is 1.89 bits per heavy atom. The van der Waals surface area contributed by atoms with Crippen LogP contribution in [0.1, 0.15) is 5.56 Å². The van der Waals surface area contributed by atoms with Crippen molar-refractivity contribution in [1.82, 2.24) is 9.97 Å². The molecule has 0 saturated heterocycles. The molecule has 0 unspecified atom stereocenters. The average Bonchev–Trinajstić information content (AvgIpc) is 2.76. The third-order valence-corrected chi connectivity index (χ3v) is 5.12.